The molecule has 1 N–H and O–H groups in total. The molecule has 1 aromatic rings. The Balaban J connectivity index is 1.67. The van der Waals surface area contributed by atoms with Gasteiger partial charge in [0.1, 0.15) is 6.61 Å². The highest BCUT2D eigenvalue weighted by molar-refractivity contribution is 5.26. The van der Waals surface area contributed by atoms with Gasteiger partial charge in [-0.1, -0.05) is 30.3 Å². The van der Waals surface area contributed by atoms with Crippen LogP contribution in [0.2, 0.25) is 0 Å². The fraction of sp³-hybridized carbons (Fsp3) is 0.571. The molecule has 0 saturated heterocycles. The van der Waals surface area contributed by atoms with Crippen molar-refractivity contribution >= 4 is 0 Å². The SMILES string of the molecule is OC(CCOCC(F)(F)F)C1CC1c1ccccc1. The zero-order chi connectivity index (χ0) is 13.9. The van der Waals surface area contributed by atoms with Crippen LogP contribution in [0.15, 0.2) is 30.3 Å². The van der Waals surface area contributed by atoms with Crippen LogP contribution in [0, 0.1) is 5.92 Å². The monoisotopic (exact) mass is 274 g/mol. The lowest BCUT2D eigenvalue weighted by atomic mass is 10.1. The molecule has 1 aromatic carbocycles. The lowest BCUT2D eigenvalue weighted by Crippen LogP contribution is -2.20. The third-order valence-electron chi connectivity index (χ3n) is 3.39. The second-order valence-electron chi connectivity index (χ2n) is 4.94. The molecule has 106 valence electrons. The van der Waals surface area contributed by atoms with Gasteiger partial charge in [0, 0.05) is 6.61 Å². The van der Waals surface area contributed by atoms with Crippen molar-refractivity contribution < 1.29 is 23.0 Å². The summed E-state index contributed by atoms with van der Waals surface area (Å²) in [6.45, 7) is -1.30. The van der Waals surface area contributed by atoms with Crippen LogP contribution < -0.4 is 0 Å². The minimum absolute atomic E-state index is 0.0569. The molecule has 2 rings (SSSR count). The number of ether oxygens (including phenoxy) is 1. The number of alkyl halides is 3. The molecule has 1 aliphatic rings. The van der Waals surface area contributed by atoms with E-state index < -0.39 is 18.9 Å². The Morgan fingerprint density at radius 1 is 1.26 bits per heavy atom. The topological polar surface area (TPSA) is 29.5 Å². The van der Waals surface area contributed by atoms with Crippen molar-refractivity contribution in [3.63, 3.8) is 0 Å². The minimum atomic E-state index is -4.29. The summed E-state index contributed by atoms with van der Waals surface area (Å²) in [5.74, 6) is 0.482. The fourth-order valence-corrected chi connectivity index (χ4v) is 2.33. The fourth-order valence-electron chi connectivity index (χ4n) is 2.33. The van der Waals surface area contributed by atoms with Gasteiger partial charge in [-0.2, -0.15) is 13.2 Å². The molecule has 0 amide bonds. The van der Waals surface area contributed by atoms with Gasteiger partial charge in [0.25, 0.3) is 0 Å². The van der Waals surface area contributed by atoms with Gasteiger partial charge >= 0.3 is 6.18 Å². The number of rotatable bonds is 6. The third kappa shape index (κ3) is 4.51. The van der Waals surface area contributed by atoms with Crippen LogP contribution in [-0.4, -0.2) is 30.6 Å². The highest BCUT2D eigenvalue weighted by atomic mass is 19.4. The molecule has 2 nitrogen and oxygen atoms in total. The Morgan fingerprint density at radius 2 is 1.95 bits per heavy atom. The lowest BCUT2D eigenvalue weighted by Gasteiger charge is -2.12. The van der Waals surface area contributed by atoms with Crippen molar-refractivity contribution in [1.29, 1.82) is 0 Å². The number of hydrogen-bond donors (Lipinski definition) is 1. The van der Waals surface area contributed by atoms with E-state index in [1.165, 1.54) is 5.56 Å². The highest BCUT2D eigenvalue weighted by Crippen LogP contribution is 2.50. The first kappa shape index (κ1) is 14.3. The average molecular weight is 274 g/mol. The van der Waals surface area contributed by atoms with Crippen LogP contribution in [-0.2, 0) is 4.74 Å². The summed E-state index contributed by atoms with van der Waals surface area (Å²) in [5, 5.41) is 9.89. The van der Waals surface area contributed by atoms with Gasteiger partial charge in [-0.25, -0.2) is 0 Å². The maximum atomic E-state index is 11.8. The number of benzene rings is 1. The number of hydrogen-bond acceptors (Lipinski definition) is 2. The Morgan fingerprint density at radius 3 is 2.58 bits per heavy atom. The maximum absolute atomic E-state index is 11.8. The molecule has 19 heavy (non-hydrogen) atoms. The summed E-state index contributed by atoms with van der Waals surface area (Å²) in [4.78, 5) is 0. The molecule has 1 saturated carbocycles. The standard InChI is InChI=1S/C14H17F3O2/c15-14(16,17)9-19-7-6-13(18)12-8-11(12)10-4-2-1-3-5-10/h1-5,11-13,18H,6-9H2. The summed E-state index contributed by atoms with van der Waals surface area (Å²) in [7, 11) is 0. The van der Waals surface area contributed by atoms with Crippen LogP contribution in [0.25, 0.3) is 0 Å². The molecule has 1 aliphatic carbocycles. The molecule has 5 heteroatoms. The molecule has 0 heterocycles. The number of halogens is 3. The molecular formula is C14H17F3O2. The molecule has 0 radical (unpaired) electrons. The van der Waals surface area contributed by atoms with Gasteiger partial charge in [0.05, 0.1) is 6.10 Å². The molecule has 0 aromatic heterocycles. The molecule has 0 aliphatic heterocycles. The molecule has 3 unspecified atom stereocenters. The van der Waals surface area contributed by atoms with Crippen LogP contribution >= 0.6 is 0 Å². The summed E-state index contributed by atoms with van der Waals surface area (Å²) < 4.78 is 40.0. The van der Waals surface area contributed by atoms with E-state index in [-0.39, 0.29) is 18.9 Å². The van der Waals surface area contributed by atoms with E-state index in [0.29, 0.717) is 5.92 Å². The van der Waals surface area contributed by atoms with Crippen LogP contribution in [0.3, 0.4) is 0 Å². The average Bonchev–Trinajstić information content (AvgIpc) is 3.14. The molecule has 0 bridgehead atoms. The summed E-state index contributed by atoms with van der Waals surface area (Å²) in [5.41, 5.74) is 1.18. The van der Waals surface area contributed by atoms with Gasteiger partial charge in [-0.15, -0.1) is 0 Å². The first-order chi connectivity index (χ1) is 8.97. The normalized spacial score (nSPS) is 24.2. The number of aliphatic hydroxyl groups is 1. The van der Waals surface area contributed by atoms with Crippen molar-refractivity contribution in [2.24, 2.45) is 5.92 Å². The van der Waals surface area contributed by atoms with E-state index in [0.717, 1.165) is 6.42 Å². The van der Waals surface area contributed by atoms with Crippen LogP contribution in [0.4, 0.5) is 13.2 Å². The largest absolute Gasteiger partial charge is 0.411 e. The second-order valence-corrected chi connectivity index (χ2v) is 4.94. The van der Waals surface area contributed by atoms with E-state index in [4.69, 9.17) is 0 Å². The van der Waals surface area contributed by atoms with Crippen LogP contribution in [0.5, 0.6) is 0 Å². The predicted molar refractivity (Wildman–Crippen MR) is 64.8 cm³/mol. The second kappa shape index (κ2) is 5.92. The maximum Gasteiger partial charge on any atom is 0.411 e. The van der Waals surface area contributed by atoms with Crippen molar-refractivity contribution in [2.75, 3.05) is 13.2 Å². The van der Waals surface area contributed by atoms with E-state index in [9.17, 15) is 18.3 Å². The third-order valence-corrected chi connectivity index (χ3v) is 3.39. The Hall–Kier alpha value is -1.07. The predicted octanol–water partition coefficient (Wildman–Crippen LogP) is 3.12. The molecule has 1 fully saturated rings. The van der Waals surface area contributed by atoms with Gasteiger partial charge in [0.2, 0.25) is 0 Å². The van der Waals surface area contributed by atoms with Crippen molar-refractivity contribution in [3.05, 3.63) is 35.9 Å². The van der Waals surface area contributed by atoms with Crippen LogP contribution in [0.1, 0.15) is 24.3 Å². The lowest BCUT2D eigenvalue weighted by molar-refractivity contribution is -0.175. The van der Waals surface area contributed by atoms with Gasteiger partial charge in [0.15, 0.2) is 0 Å². The first-order valence-electron chi connectivity index (χ1n) is 6.35. The zero-order valence-corrected chi connectivity index (χ0v) is 10.4. The quantitative estimate of drug-likeness (QED) is 0.808. The van der Waals surface area contributed by atoms with E-state index in [1.807, 2.05) is 30.3 Å². The van der Waals surface area contributed by atoms with Crippen molar-refractivity contribution in [2.45, 2.75) is 31.0 Å². The van der Waals surface area contributed by atoms with Gasteiger partial charge < -0.3 is 9.84 Å². The van der Waals surface area contributed by atoms with E-state index in [2.05, 4.69) is 4.74 Å². The summed E-state index contributed by atoms with van der Waals surface area (Å²) >= 11 is 0. The molecular weight excluding hydrogens is 257 g/mol. The van der Waals surface area contributed by atoms with E-state index >= 15 is 0 Å². The molecule has 3 atom stereocenters. The van der Waals surface area contributed by atoms with Crippen molar-refractivity contribution in [3.8, 4) is 0 Å². The summed E-state index contributed by atoms with van der Waals surface area (Å²) in [6, 6.07) is 9.85. The van der Waals surface area contributed by atoms with E-state index in [1.54, 1.807) is 0 Å². The molecule has 0 spiro atoms. The Bertz CT molecular complexity index is 391. The summed E-state index contributed by atoms with van der Waals surface area (Å²) in [6.07, 6.45) is -3.73. The number of aliphatic hydroxyl groups excluding tert-OH is 1. The minimum Gasteiger partial charge on any atom is -0.393 e. The zero-order valence-electron chi connectivity index (χ0n) is 10.4. The van der Waals surface area contributed by atoms with Gasteiger partial charge in [-0.3, -0.25) is 0 Å². The first-order valence-corrected chi connectivity index (χ1v) is 6.35. The highest BCUT2D eigenvalue weighted by Gasteiger charge is 2.42. The Labute approximate surface area is 110 Å². The van der Waals surface area contributed by atoms with Gasteiger partial charge in [-0.05, 0) is 30.2 Å². The smallest absolute Gasteiger partial charge is 0.393 e. The Kier molecular flexibility index (Phi) is 4.47. The van der Waals surface area contributed by atoms with Crippen molar-refractivity contribution in [1.82, 2.24) is 0 Å².